The molecule has 2 amide bonds. The van der Waals surface area contributed by atoms with Crippen molar-refractivity contribution in [3.63, 3.8) is 0 Å². The molecule has 1 aromatic heterocycles. The van der Waals surface area contributed by atoms with E-state index < -0.39 is 0 Å². The molecule has 0 aliphatic carbocycles. The maximum Gasteiger partial charge on any atom is 0.315 e. The number of aryl methyl sites for hydroxylation is 1. The number of nitrogens with zero attached hydrogens (tertiary/aromatic N) is 1. The maximum absolute atomic E-state index is 12.0. The SMILES string of the molecule is Cc1ccc([C@@H](C)NC(=O)N[C@H](C)CN2CCOCC2)o1. The third-order valence-electron chi connectivity index (χ3n) is 3.55. The Morgan fingerprint density at radius 3 is 2.62 bits per heavy atom. The number of rotatable bonds is 5. The molecule has 0 aromatic carbocycles. The summed E-state index contributed by atoms with van der Waals surface area (Å²) >= 11 is 0. The minimum atomic E-state index is -0.169. The third-order valence-corrected chi connectivity index (χ3v) is 3.55. The molecule has 0 radical (unpaired) electrons. The molecular formula is C15H25N3O3. The average molecular weight is 295 g/mol. The van der Waals surface area contributed by atoms with Crippen molar-refractivity contribution in [3.8, 4) is 0 Å². The number of nitrogens with one attached hydrogen (secondary N) is 2. The van der Waals surface area contributed by atoms with Crippen LogP contribution < -0.4 is 10.6 Å². The van der Waals surface area contributed by atoms with Gasteiger partial charge in [0.15, 0.2) is 0 Å². The Morgan fingerprint density at radius 2 is 2.00 bits per heavy atom. The van der Waals surface area contributed by atoms with Gasteiger partial charge in [-0.2, -0.15) is 0 Å². The highest BCUT2D eigenvalue weighted by atomic mass is 16.5. The topological polar surface area (TPSA) is 66.7 Å². The first kappa shape index (κ1) is 15.9. The van der Waals surface area contributed by atoms with Crippen LogP contribution in [0.1, 0.15) is 31.4 Å². The van der Waals surface area contributed by atoms with Gasteiger partial charge in [0.25, 0.3) is 0 Å². The van der Waals surface area contributed by atoms with E-state index in [4.69, 9.17) is 9.15 Å². The summed E-state index contributed by atoms with van der Waals surface area (Å²) in [6.45, 7) is 10.0. The van der Waals surface area contributed by atoms with Crippen LogP contribution in [-0.4, -0.2) is 49.8 Å². The van der Waals surface area contributed by atoms with Gasteiger partial charge in [-0.15, -0.1) is 0 Å². The number of hydrogen-bond donors (Lipinski definition) is 2. The Balaban J connectivity index is 1.72. The van der Waals surface area contributed by atoms with Crippen molar-refractivity contribution in [1.29, 1.82) is 0 Å². The largest absolute Gasteiger partial charge is 0.464 e. The number of carbonyl (C=O) groups excluding carboxylic acids is 1. The van der Waals surface area contributed by atoms with E-state index in [1.807, 2.05) is 32.9 Å². The van der Waals surface area contributed by atoms with Crippen LogP contribution in [0.3, 0.4) is 0 Å². The van der Waals surface area contributed by atoms with E-state index >= 15 is 0 Å². The second-order valence-electron chi connectivity index (χ2n) is 5.60. The molecule has 2 atom stereocenters. The molecule has 0 unspecified atom stereocenters. The molecule has 1 fully saturated rings. The second kappa shape index (κ2) is 7.47. The smallest absolute Gasteiger partial charge is 0.315 e. The summed E-state index contributed by atoms with van der Waals surface area (Å²) in [6.07, 6.45) is 0. The normalized spacial score (nSPS) is 19.0. The van der Waals surface area contributed by atoms with Gasteiger partial charge in [-0.1, -0.05) is 0 Å². The van der Waals surface area contributed by atoms with Crippen molar-refractivity contribution in [2.75, 3.05) is 32.8 Å². The van der Waals surface area contributed by atoms with E-state index in [1.54, 1.807) is 0 Å². The Hall–Kier alpha value is -1.53. The van der Waals surface area contributed by atoms with Crippen LogP contribution in [0, 0.1) is 6.92 Å². The standard InChI is InChI=1S/C15H25N3O3/c1-11(10-18-6-8-20-9-7-18)16-15(19)17-13(3)14-5-4-12(2)21-14/h4-5,11,13H,6-10H2,1-3H3,(H2,16,17,19)/t11-,13-/m1/s1. The van der Waals surface area contributed by atoms with Crippen LogP contribution in [0.4, 0.5) is 4.79 Å². The number of furan rings is 1. The molecule has 118 valence electrons. The van der Waals surface area contributed by atoms with Crippen LogP contribution in [0.2, 0.25) is 0 Å². The lowest BCUT2D eigenvalue weighted by Crippen LogP contribution is -2.48. The number of amides is 2. The average Bonchev–Trinajstić information content (AvgIpc) is 2.86. The quantitative estimate of drug-likeness (QED) is 0.867. The first-order valence-corrected chi connectivity index (χ1v) is 7.48. The first-order chi connectivity index (χ1) is 10.0. The lowest BCUT2D eigenvalue weighted by Gasteiger charge is -2.29. The molecule has 0 saturated carbocycles. The first-order valence-electron chi connectivity index (χ1n) is 7.48. The summed E-state index contributed by atoms with van der Waals surface area (Å²) in [6, 6.07) is 3.56. The zero-order chi connectivity index (χ0) is 15.2. The number of carbonyl (C=O) groups is 1. The van der Waals surface area contributed by atoms with Gasteiger partial charge < -0.3 is 19.8 Å². The van der Waals surface area contributed by atoms with Crippen molar-refractivity contribution < 1.29 is 13.9 Å². The molecular weight excluding hydrogens is 270 g/mol. The van der Waals surface area contributed by atoms with Crippen LogP contribution in [0.15, 0.2) is 16.5 Å². The van der Waals surface area contributed by atoms with Gasteiger partial charge in [0.2, 0.25) is 0 Å². The predicted octanol–water partition coefficient (Wildman–Crippen LogP) is 1.67. The predicted molar refractivity (Wildman–Crippen MR) is 80.2 cm³/mol. The van der Waals surface area contributed by atoms with Crippen LogP contribution >= 0.6 is 0 Å². The third kappa shape index (κ3) is 5.06. The van der Waals surface area contributed by atoms with E-state index in [0.717, 1.165) is 44.4 Å². The molecule has 6 heteroatoms. The van der Waals surface area contributed by atoms with Gasteiger partial charge in [0.1, 0.15) is 11.5 Å². The summed E-state index contributed by atoms with van der Waals surface area (Å²) in [5, 5.41) is 5.85. The molecule has 0 spiro atoms. The van der Waals surface area contributed by atoms with E-state index in [-0.39, 0.29) is 18.1 Å². The van der Waals surface area contributed by atoms with Gasteiger partial charge in [-0.05, 0) is 32.9 Å². The lowest BCUT2D eigenvalue weighted by atomic mass is 10.2. The molecule has 0 bridgehead atoms. The van der Waals surface area contributed by atoms with Crippen molar-refractivity contribution in [2.45, 2.75) is 32.9 Å². The van der Waals surface area contributed by atoms with Crippen LogP contribution in [-0.2, 0) is 4.74 Å². The Bertz CT molecular complexity index is 455. The minimum absolute atomic E-state index is 0.0913. The summed E-state index contributed by atoms with van der Waals surface area (Å²) in [7, 11) is 0. The molecule has 2 rings (SSSR count). The van der Waals surface area contributed by atoms with Crippen molar-refractivity contribution in [3.05, 3.63) is 23.7 Å². The van der Waals surface area contributed by atoms with Crippen molar-refractivity contribution in [1.82, 2.24) is 15.5 Å². The second-order valence-corrected chi connectivity index (χ2v) is 5.60. The molecule has 6 nitrogen and oxygen atoms in total. The zero-order valence-corrected chi connectivity index (χ0v) is 13.0. The van der Waals surface area contributed by atoms with Crippen molar-refractivity contribution in [2.24, 2.45) is 0 Å². The number of morpholine rings is 1. The van der Waals surface area contributed by atoms with E-state index in [2.05, 4.69) is 15.5 Å². The number of urea groups is 1. The molecule has 2 N–H and O–H groups in total. The maximum atomic E-state index is 12.0. The van der Waals surface area contributed by atoms with Gasteiger partial charge in [0.05, 0.1) is 19.3 Å². The molecule has 1 aliphatic rings. The summed E-state index contributed by atoms with van der Waals surface area (Å²) in [4.78, 5) is 14.3. The molecule has 2 heterocycles. The van der Waals surface area contributed by atoms with Gasteiger partial charge in [-0.3, -0.25) is 4.90 Å². The zero-order valence-electron chi connectivity index (χ0n) is 13.0. The number of hydrogen-bond acceptors (Lipinski definition) is 4. The monoisotopic (exact) mass is 295 g/mol. The Morgan fingerprint density at radius 1 is 1.29 bits per heavy atom. The highest BCUT2D eigenvalue weighted by Crippen LogP contribution is 2.15. The molecule has 1 aromatic rings. The fraction of sp³-hybridized carbons (Fsp3) is 0.667. The minimum Gasteiger partial charge on any atom is -0.464 e. The van der Waals surface area contributed by atoms with Gasteiger partial charge >= 0.3 is 6.03 Å². The van der Waals surface area contributed by atoms with Gasteiger partial charge in [-0.25, -0.2) is 4.79 Å². The molecule has 1 aliphatic heterocycles. The fourth-order valence-corrected chi connectivity index (χ4v) is 2.44. The highest BCUT2D eigenvalue weighted by molar-refractivity contribution is 5.74. The summed E-state index contributed by atoms with van der Waals surface area (Å²) in [5.41, 5.74) is 0. The van der Waals surface area contributed by atoms with E-state index in [9.17, 15) is 4.79 Å². The van der Waals surface area contributed by atoms with Crippen molar-refractivity contribution >= 4 is 6.03 Å². The highest BCUT2D eigenvalue weighted by Gasteiger charge is 2.17. The summed E-state index contributed by atoms with van der Waals surface area (Å²) < 4.78 is 10.8. The molecule has 1 saturated heterocycles. The Labute approximate surface area is 125 Å². The lowest BCUT2D eigenvalue weighted by molar-refractivity contribution is 0.0349. The Kier molecular flexibility index (Phi) is 5.64. The summed E-state index contributed by atoms with van der Waals surface area (Å²) in [5.74, 6) is 1.61. The van der Waals surface area contributed by atoms with E-state index in [1.165, 1.54) is 0 Å². The van der Waals surface area contributed by atoms with Crippen LogP contribution in [0.5, 0.6) is 0 Å². The molecule has 21 heavy (non-hydrogen) atoms. The van der Waals surface area contributed by atoms with Gasteiger partial charge in [0, 0.05) is 25.7 Å². The number of ether oxygens (including phenoxy) is 1. The van der Waals surface area contributed by atoms with Crippen LogP contribution in [0.25, 0.3) is 0 Å². The van der Waals surface area contributed by atoms with E-state index in [0.29, 0.717) is 0 Å². The fourth-order valence-electron chi connectivity index (χ4n) is 2.44.